The van der Waals surface area contributed by atoms with E-state index in [2.05, 4.69) is 10.4 Å². The van der Waals surface area contributed by atoms with Crippen molar-refractivity contribution in [2.24, 2.45) is 16.7 Å². The monoisotopic (exact) mass is 352 g/mol. The number of carbonyl (C=O) groups is 2. The number of benzene rings is 2. The number of carboxylic acid groups (broad SMARTS) is 1. The highest BCUT2D eigenvalue weighted by molar-refractivity contribution is 6.25. The van der Waals surface area contributed by atoms with Crippen molar-refractivity contribution in [2.45, 2.75) is 13.3 Å². The van der Waals surface area contributed by atoms with Gasteiger partial charge in [0.25, 0.3) is 0 Å². The summed E-state index contributed by atoms with van der Waals surface area (Å²) in [7, 11) is 0. The van der Waals surface area contributed by atoms with Gasteiger partial charge in [-0.05, 0) is 29.7 Å². The minimum atomic E-state index is -1.26. The summed E-state index contributed by atoms with van der Waals surface area (Å²) in [5.74, 6) is 3.20. The van der Waals surface area contributed by atoms with Crippen molar-refractivity contribution in [3.8, 4) is 0 Å². The molecule has 0 aromatic heterocycles. The van der Waals surface area contributed by atoms with Crippen LogP contribution in [0.1, 0.15) is 28.4 Å². The number of rotatable bonds is 7. The SMILES string of the molecule is CCc1cccc(C(C(=O)O)=C(N)C(=O)c2cccc(NC=NN)c2)c1. The Balaban J connectivity index is 2.48. The Kier molecular flexibility index (Phi) is 6.10. The van der Waals surface area contributed by atoms with E-state index in [9.17, 15) is 14.7 Å². The quantitative estimate of drug-likeness (QED) is 0.151. The molecule has 0 aliphatic heterocycles. The van der Waals surface area contributed by atoms with Gasteiger partial charge in [0.2, 0.25) is 5.78 Å². The summed E-state index contributed by atoms with van der Waals surface area (Å²) in [6.07, 6.45) is 2.01. The second-order valence-corrected chi connectivity index (χ2v) is 5.48. The molecule has 7 nitrogen and oxygen atoms in total. The third-order valence-corrected chi connectivity index (χ3v) is 3.78. The van der Waals surface area contributed by atoms with Gasteiger partial charge in [-0.1, -0.05) is 43.3 Å². The smallest absolute Gasteiger partial charge is 0.338 e. The summed E-state index contributed by atoms with van der Waals surface area (Å²) in [5, 5.41) is 15.7. The molecule has 6 N–H and O–H groups in total. The minimum Gasteiger partial charge on any atom is -0.478 e. The van der Waals surface area contributed by atoms with Crippen LogP contribution in [0, 0.1) is 0 Å². The minimum absolute atomic E-state index is 0.216. The molecule has 0 saturated heterocycles. The van der Waals surface area contributed by atoms with Gasteiger partial charge in [-0.15, -0.1) is 0 Å². The number of hydrazone groups is 1. The van der Waals surface area contributed by atoms with Crippen molar-refractivity contribution in [3.63, 3.8) is 0 Å². The molecule has 2 aromatic rings. The highest BCUT2D eigenvalue weighted by Gasteiger charge is 2.21. The molecule has 26 heavy (non-hydrogen) atoms. The van der Waals surface area contributed by atoms with E-state index < -0.39 is 11.8 Å². The molecule has 0 fully saturated rings. The van der Waals surface area contributed by atoms with Crippen molar-refractivity contribution >= 4 is 29.4 Å². The van der Waals surface area contributed by atoms with Gasteiger partial charge < -0.3 is 22.0 Å². The first kappa shape index (κ1) is 18.7. The predicted octanol–water partition coefficient (Wildman–Crippen LogP) is 2.20. The van der Waals surface area contributed by atoms with E-state index >= 15 is 0 Å². The number of Topliss-reactive ketones (excluding diaryl/α,β-unsaturated/α-hetero) is 1. The average molecular weight is 352 g/mol. The first-order chi connectivity index (χ1) is 12.5. The zero-order chi connectivity index (χ0) is 19.1. The molecule has 2 aromatic carbocycles. The van der Waals surface area contributed by atoms with Crippen molar-refractivity contribution < 1.29 is 14.7 Å². The fraction of sp³-hybridized carbons (Fsp3) is 0.105. The molecule has 0 aliphatic carbocycles. The second kappa shape index (κ2) is 8.48. The maximum absolute atomic E-state index is 12.7. The Morgan fingerprint density at radius 3 is 2.50 bits per heavy atom. The third kappa shape index (κ3) is 4.27. The molecule has 2 rings (SSSR count). The Hall–Kier alpha value is -3.61. The van der Waals surface area contributed by atoms with Gasteiger partial charge in [-0.25, -0.2) is 4.79 Å². The number of carboxylic acids is 1. The van der Waals surface area contributed by atoms with Crippen LogP contribution < -0.4 is 16.9 Å². The topological polar surface area (TPSA) is 131 Å². The van der Waals surface area contributed by atoms with E-state index in [0.29, 0.717) is 11.3 Å². The largest absolute Gasteiger partial charge is 0.478 e. The number of nitrogens with one attached hydrogen (secondary N) is 1. The van der Waals surface area contributed by atoms with E-state index in [4.69, 9.17) is 11.6 Å². The molecule has 0 heterocycles. The van der Waals surface area contributed by atoms with Gasteiger partial charge in [0.15, 0.2) is 0 Å². The molecule has 134 valence electrons. The number of hydrogen-bond donors (Lipinski definition) is 4. The Labute approximate surface area is 151 Å². The van der Waals surface area contributed by atoms with Crippen molar-refractivity contribution in [1.82, 2.24) is 0 Å². The zero-order valence-electron chi connectivity index (χ0n) is 14.3. The molecule has 0 saturated carbocycles. The number of hydrogen-bond acceptors (Lipinski definition) is 5. The highest BCUT2D eigenvalue weighted by atomic mass is 16.4. The molecule has 0 unspecified atom stereocenters. The lowest BCUT2D eigenvalue weighted by Gasteiger charge is -2.10. The fourth-order valence-electron chi connectivity index (χ4n) is 2.47. The van der Waals surface area contributed by atoms with Crippen LogP contribution in [0.15, 0.2) is 59.3 Å². The van der Waals surface area contributed by atoms with Gasteiger partial charge in [-0.2, -0.15) is 5.10 Å². The lowest BCUT2D eigenvalue weighted by molar-refractivity contribution is -0.130. The molecular formula is C19H20N4O3. The van der Waals surface area contributed by atoms with E-state index in [1.54, 1.807) is 42.5 Å². The number of aryl methyl sites for hydroxylation is 1. The summed E-state index contributed by atoms with van der Waals surface area (Å²) < 4.78 is 0. The van der Waals surface area contributed by atoms with Gasteiger partial charge in [0.1, 0.15) is 6.34 Å². The third-order valence-electron chi connectivity index (χ3n) is 3.78. The van der Waals surface area contributed by atoms with E-state index in [0.717, 1.165) is 12.0 Å². The van der Waals surface area contributed by atoms with Crippen LogP contribution in [-0.4, -0.2) is 23.2 Å². The predicted molar refractivity (Wildman–Crippen MR) is 102 cm³/mol. The van der Waals surface area contributed by atoms with Crippen molar-refractivity contribution in [1.29, 1.82) is 0 Å². The van der Waals surface area contributed by atoms with Crippen LogP contribution in [0.25, 0.3) is 5.57 Å². The highest BCUT2D eigenvalue weighted by Crippen LogP contribution is 2.22. The molecule has 0 bridgehead atoms. The Bertz CT molecular complexity index is 888. The van der Waals surface area contributed by atoms with Gasteiger partial charge in [0.05, 0.1) is 11.3 Å². The van der Waals surface area contributed by atoms with Crippen LogP contribution in [0.3, 0.4) is 0 Å². The van der Waals surface area contributed by atoms with Crippen molar-refractivity contribution in [2.75, 3.05) is 5.32 Å². The second-order valence-electron chi connectivity index (χ2n) is 5.48. The Morgan fingerprint density at radius 1 is 1.15 bits per heavy atom. The summed E-state index contributed by atoms with van der Waals surface area (Å²) in [4.78, 5) is 24.5. The Morgan fingerprint density at radius 2 is 1.85 bits per heavy atom. The summed E-state index contributed by atoms with van der Waals surface area (Å²) in [6, 6.07) is 13.4. The first-order valence-corrected chi connectivity index (χ1v) is 7.93. The number of carbonyl (C=O) groups excluding carboxylic acids is 1. The van der Waals surface area contributed by atoms with Crippen LogP contribution in [0.2, 0.25) is 0 Å². The molecule has 0 spiro atoms. The summed E-state index contributed by atoms with van der Waals surface area (Å²) >= 11 is 0. The van der Waals surface area contributed by atoms with E-state index in [-0.39, 0.29) is 16.8 Å². The number of allylic oxidation sites excluding steroid dienone is 1. The van der Waals surface area contributed by atoms with Crippen LogP contribution >= 0.6 is 0 Å². The fourth-order valence-corrected chi connectivity index (χ4v) is 2.47. The molecule has 0 atom stereocenters. The standard InChI is InChI=1S/C19H20N4O3/c1-2-12-5-3-6-13(9-12)16(19(25)26)17(20)18(24)14-7-4-8-15(10-14)22-11-23-21/h3-11H,2,20-21H2,1H3,(H,22,23)(H,25,26). The molecule has 7 heteroatoms. The number of ketones is 1. The summed E-state index contributed by atoms with van der Waals surface area (Å²) in [6.45, 7) is 1.96. The van der Waals surface area contributed by atoms with Crippen LogP contribution in [-0.2, 0) is 11.2 Å². The van der Waals surface area contributed by atoms with Gasteiger partial charge in [-0.3, -0.25) is 4.79 Å². The summed E-state index contributed by atoms with van der Waals surface area (Å²) in [5.41, 5.74) is 7.58. The lowest BCUT2D eigenvalue weighted by atomic mass is 9.97. The molecule has 0 aliphatic rings. The van der Waals surface area contributed by atoms with Crippen LogP contribution in [0.4, 0.5) is 5.69 Å². The number of nitrogens with two attached hydrogens (primary N) is 2. The van der Waals surface area contributed by atoms with E-state index in [1.807, 2.05) is 13.0 Å². The first-order valence-electron chi connectivity index (χ1n) is 7.93. The number of aliphatic carboxylic acids is 1. The van der Waals surface area contributed by atoms with Gasteiger partial charge >= 0.3 is 5.97 Å². The maximum atomic E-state index is 12.7. The number of anilines is 1. The maximum Gasteiger partial charge on any atom is 0.338 e. The van der Waals surface area contributed by atoms with Crippen molar-refractivity contribution in [3.05, 3.63) is 70.9 Å². The number of nitrogens with zero attached hydrogens (tertiary/aromatic N) is 1. The van der Waals surface area contributed by atoms with Crippen LogP contribution in [0.5, 0.6) is 0 Å². The lowest BCUT2D eigenvalue weighted by Crippen LogP contribution is -2.18. The van der Waals surface area contributed by atoms with E-state index in [1.165, 1.54) is 6.34 Å². The molecular weight excluding hydrogens is 332 g/mol. The normalized spacial score (nSPS) is 11.9. The molecule has 0 amide bonds. The average Bonchev–Trinajstić information content (AvgIpc) is 2.66. The van der Waals surface area contributed by atoms with Gasteiger partial charge in [0, 0.05) is 11.3 Å². The zero-order valence-corrected chi connectivity index (χ0v) is 14.3. The molecule has 0 radical (unpaired) electrons.